The Balaban J connectivity index is 1.81. The van der Waals surface area contributed by atoms with Crippen LogP contribution in [0.2, 0.25) is 0 Å². The molecule has 0 radical (unpaired) electrons. The molecule has 2 aromatic carbocycles. The molecule has 0 unspecified atom stereocenters. The van der Waals surface area contributed by atoms with Crippen LogP contribution >= 0.6 is 0 Å². The molecule has 0 bridgehead atoms. The van der Waals surface area contributed by atoms with Crippen molar-refractivity contribution in [1.29, 1.82) is 0 Å². The number of hydrogen-bond donors (Lipinski definition) is 1. The average Bonchev–Trinajstić information content (AvgIpc) is 2.66. The van der Waals surface area contributed by atoms with E-state index in [1.165, 1.54) is 0 Å². The zero-order valence-electron chi connectivity index (χ0n) is 15.8. The Hall–Kier alpha value is -2.59. The molecule has 0 aliphatic rings. The molecule has 1 heterocycles. The van der Waals surface area contributed by atoms with Gasteiger partial charge in [-0.05, 0) is 44.3 Å². The lowest BCUT2D eigenvalue weighted by Gasteiger charge is -2.15. The number of aromatic nitrogens is 1. The van der Waals surface area contributed by atoms with Gasteiger partial charge in [0.2, 0.25) is 0 Å². The number of aryl methyl sites for hydroxylation is 1. The van der Waals surface area contributed by atoms with Crippen molar-refractivity contribution in [1.82, 2.24) is 9.88 Å². The van der Waals surface area contributed by atoms with E-state index in [0.29, 0.717) is 6.61 Å². The van der Waals surface area contributed by atoms with Crippen LogP contribution in [-0.2, 0) is 13.0 Å². The second-order valence-electron chi connectivity index (χ2n) is 6.70. The Bertz CT molecular complexity index is 847. The summed E-state index contributed by atoms with van der Waals surface area (Å²) in [4.78, 5) is 6.96. The zero-order chi connectivity index (χ0) is 18.4. The first kappa shape index (κ1) is 18.2. The standard InChI is InChI=1S/C22H27N3O/c1-4-18-14-21(23-12-13-25(2)3)20-11-10-19(15-22(20)24-18)26-16-17-8-6-5-7-9-17/h5-11,14-15H,4,12-13,16H2,1-3H3,(H,23,24). The monoisotopic (exact) mass is 349 g/mol. The molecular formula is C22H27N3O. The van der Waals surface area contributed by atoms with Gasteiger partial charge in [-0.15, -0.1) is 0 Å². The van der Waals surface area contributed by atoms with Gasteiger partial charge in [0.15, 0.2) is 0 Å². The first-order valence-corrected chi connectivity index (χ1v) is 9.14. The summed E-state index contributed by atoms with van der Waals surface area (Å²) in [6.07, 6.45) is 0.910. The average molecular weight is 349 g/mol. The van der Waals surface area contributed by atoms with Crippen molar-refractivity contribution in [2.45, 2.75) is 20.0 Å². The van der Waals surface area contributed by atoms with Gasteiger partial charge >= 0.3 is 0 Å². The van der Waals surface area contributed by atoms with Gasteiger partial charge in [-0.2, -0.15) is 0 Å². The smallest absolute Gasteiger partial charge is 0.122 e. The molecular weight excluding hydrogens is 322 g/mol. The number of pyridine rings is 1. The first-order valence-electron chi connectivity index (χ1n) is 9.14. The highest BCUT2D eigenvalue weighted by atomic mass is 16.5. The lowest BCUT2D eigenvalue weighted by atomic mass is 10.1. The molecule has 136 valence electrons. The van der Waals surface area contributed by atoms with E-state index in [1.807, 2.05) is 30.3 Å². The Morgan fingerprint density at radius 2 is 1.85 bits per heavy atom. The molecule has 0 saturated heterocycles. The van der Waals surface area contributed by atoms with Gasteiger partial charge in [0, 0.05) is 35.9 Å². The third kappa shape index (κ3) is 4.73. The highest BCUT2D eigenvalue weighted by molar-refractivity contribution is 5.92. The minimum Gasteiger partial charge on any atom is -0.489 e. The molecule has 3 aromatic rings. The Labute approximate surface area is 155 Å². The summed E-state index contributed by atoms with van der Waals surface area (Å²) < 4.78 is 5.96. The number of nitrogens with one attached hydrogen (secondary N) is 1. The molecule has 0 spiro atoms. The zero-order valence-corrected chi connectivity index (χ0v) is 15.8. The third-order valence-electron chi connectivity index (χ3n) is 4.32. The van der Waals surface area contributed by atoms with E-state index in [1.54, 1.807) is 0 Å². The minimum absolute atomic E-state index is 0.563. The summed E-state index contributed by atoms with van der Waals surface area (Å²) >= 11 is 0. The maximum atomic E-state index is 5.96. The maximum Gasteiger partial charge on any atom is 0.122 e. The van der Waals surface area contributed by atoms with E-state index in [9.17, 15) is 0 Å². The first-order chi connectivity index (χ1) is 12.7. The van der Waals surface area contributed by atoms with Gasteiger partial charge in [-0.25, -0.2) is 0 Å². The molecule has 0 amide bonds. The number of hydrogen-bond acceptors (Lipinski definition) is 4. The summed E-state index contributed by atoms with van der Waals surface area (Å²) in [6.45, 7) is 4.59. The van der Waals surface area contributed by atoms with Crippen LogP contribution in [0, 0.1) is 0 Å². The van der Waals surface area contributed by atoms with Gasteiger partial charge < -0.3 is 15.0 Å². The molecule has 4 heteroatoms. The van der Waals surface area contributed by atoms with Gasteiger partial charge in [-0.1, -0.05) is 37.3 Å². The van der Waals surface area contributed by atoms with Crippen molar-refractivity contribution >= 4 is 16.6 Å². The molecule has 1 N–H and O–H groups in total. The maximum absolute atomic E-state index is 5.96. The third-order valence-corrected chi connectivity index (χ3v) is 4.32. The molecule has 0 fully saturated rings. The number of rotatable bonds is 8. The quantitative estimate of drug-likeness (QED) is 0.656. The Morgan fingerprint density at radius 3 is 2.58 bits per heavy atom. The van der Waals surface area contributed by atoms with Gasteiger partial charge in [0.05, 0.1) is 5.52 Å². The lowest BCUT2D eigenvalue weighted by molar-refractivity contribution is 0.306. The summed E-state index contributed by atoms with van der Waals surface area (Å²) in [5, 5.41) is 4.68. The van der Waals surface area contributed by atoms with Crippen LogP contribution < -0.4 is 10.1 Å². The summed E-state index contributed by atoms with van der Waals surface area (Å²) in [7, 11) is 4.17. The van der Waals surface area contributed by atoms with Crippen molar-refractivity contribution in [3.63, 3.8) is 0 Å². The number of likely N-dealkylation sites (N-methyl/N-ethyl adjacent to an activating group) is 1. The fourth-order valence-corrected chi connectivity index (χ4v) is 2.84. The van der Waals surface area contributed by atoms with Crippen molar-refractivity contribution < 1.29 is 4.74 Å². The van der Waals surface area contributed by atoms with Crippen molar-refractivity contribution in [2.75, 3.05) is 32.5 Å². The highest BCUT2D eigenvalue weighted by Crippen LogP contribution is 2.27. The van der Waals surface area contributed by atoms with Crippen molar-refractivity contribution in [2.24, 2.45) is 0 Å². The van der Waals surface area contributed by atoms with E-state index in [2.05, 4.69) is 55.5 Å². The summed E-state index contributed by atoms with van der Waals surface area (Å²) in [6, 6.07) is 18.5. The second kappa shape index (κ2) is 8.68. The van der Waals surface area contributed by atoms with Crippen molar-refractivity contribution in [3.05, 3.63) is 65.9 Å². The van der Waals surface area contributed by atoms with Gasteiger partial charge in [0.1, 0.15) is 12.4 Å². The normalized spacial score (nSPS) is 11.1. The largest absolute Gasteiger partial charge is 0.489 e. The van der Waals surface area contributed by atoms with E-state index in [-0.39, 0.29) is 0 Å². The Morgan fingerprint density at radius 1 is 1.04 bits per heavy atom. The number of ether oxygens (including phenoxy) is 1. The Kier molecular flexibility index (Phi) is 6.08. The topological polar surface area (TPSA) is 37.4 Å². The molecule has 0 atom stereocenters. The van der Waals surface area contributed by atoms with Gasteiger partial charge in [-0.3, -0.25) is 4.98 Å². The van der Waals surface area contributed by atoms with Crippen LogP contribution in [0.1, 0.15) is 18.2 Å². The number of nitrogens with zero attached hydrogens (tertiary/aromatic N) is 2. The van der Waals surface area contributed by atoms with Crippen LogP contribution in [0.25, 0.3) is 10.9 Å². The van der Waals surface area contributed by atoms with E-state index in [4.69, 9.17) is 9.72 Å². The number of fused-ring (bicyclic) bond motifs is 1. The second-order valence-corrected chi connectivity index (χ2v) is 6.70. The fourth-order valence-electron chi connectivity index (χ4n) is 2.84. The van der Waals surface area contributed by atoms with E-state index < -0.39 is 0 Å². The molecule has 0 aliphatic heterocycles. The van der Waals surface area contributed by atoms with Crippen LogP contribution in [0.3, 0.4) is 0 Å². The predicted octanol–water partition coefficient (Wildman–Crippen LogP) is 4.35. The summed E-state index contributed by atoms with van der Waals surface area (Å²) in [5.41, 5.74) is 4.37. The highest BCUT2D eigenvalue weighted by Gasteiger charge is 2.07. The fraction of sp³-hybridized carbons (Fsp3) is 0.318. The van der Waals surface area contributed by atoms with Crippen LogP contribution in [0.5, 0.6) is 5.75 Å². The summed E-state index contributed by atoms with van der Waals surface area (Å²) in [5.74, 6) is 0.848. The van der Waals surface area contributed by atoms with E-state index >= 15 is 0 Å². The molecule has 0 aliphatic carbocycles. The lowest BCUT2D eigenvalue weighted by Crippen LogP contribution is -2.21. The number of benzene rings is 2. The van der Waals surface area contributed by atoms with Gasteiger partial charge in [0.25, 0.3) is 0 Å². The van der Waals surface area contributed by atoms with Crippen LogP contribution in [-0.4, -0.2) is 37.1 Å². The molecule has 3 rings (SSSR count). The molecule has 4 nitrogen and oxygen atoms in total. The minimum atomic E-state index is 0.563. The van der Waals surface area contributed by atoms with Crippen molar-refractivity contribution in [3.8, 4) is 5.75 Å². The van der Waals surface area contributed by atoms with Crippen LogP contribution in [0.15, 0.2) is 54.6 Å². The number of anilines is 1. The van der Waals surface area contributed by atoms with Crippen LogP contribution in [0.4, 0.5) is 5.69 Å². The molecule has 1 aromatic heterocycles. The molecule has 0 saturated carbocycles. The molecule has 26 heavy (non-hydrogen) atoms. The van der Waals surface area contributed by atoms with E-state index in [0.717, 1.165) is 53.1 Å². The SMILES string of the molecule is CCc1cc(NCCN(C)C)c2ccc(OCc3ccccc3)cc2n1. The predicted molar refractivity (Wildman–Crippen MR) is 109 cm³/mol.